The van der Waals surface area contributed by atoms with Gasteiger partial charge < -0.3 is 10.2 Å². The van der Waals surface area contributed by atoms with Gasteiger partial charge in [0.1, 0.15) is 0 Å². The molecule has 0 radical (unpaired) electrons. The van der Waals surface area contributed by atoms with Gasteiger partial charge in [0, 0.05) is 26.2 Å². The highest BCUT2D eigenvalue weighted by Gasteiger charge is 2.34. The molecule has 0 saturated carbocycles. The fourth-order valence-electron chi connectivity index (χ4n) is 3.15. The Bertz CT molecular complexity index is 458. The van der Waals surface area contributed by atoms with Gasteiger partial charge in [0.15, 0.2) is 0 Å². The van der Waals surface area contributed by atoms with E-state index < -0.39 is 10.0 Å². The number of rotatable bonds is 4. The molecule has 2 fully saturated rings. The van der Waals surface area contributed by atoms with Gasteiger partial charge in [0.25, 0.3) is 0 Å². The Balaban J connectivity index is 1.90. The molecule has 2 aliphatic heterocycles. The van der Waals surface area contributed by atoms with Crippen molar-refractivity contribution in [1.82, 2.24) is 14.5 Å². The molecule has 6 nitrogen and oxygen atoms in total. The predicted octanol–water partition coefficient (Wildman–Crippen LogP) is 0.259. The van der Waals surface area contributed by atoms with Crippen LogP contribution in [-0.2, 0) is 14.8 Å². The Labute approximate surface area is 127 Å². The van der Waals surface area contributed by atoms with Crippen LogP contribution in [-0.4, -0.2) is 68.0 Å². The zero-order valence-electron chi connectivity index (χ0n) is 13.0. The van der Waals surface area contributed by atoms with Crippen LogP contribution in [0.3, 0.4) is 0 Å². The molecule has 7 heteroatoms. The summed E-state index contributed by atoms with van der Waals surface area (Å²) in [5.41, 5.74) is 0. The number of nitrogens with one attached hydrogen (secondary N) is 1. The van der Waals surface area contributed by atoms with E-state index in [2.05, 4.69) is 12.2 Å². The first-order valence-electron chi connectivity index (χ1n) is 7.95. The molecule has 2 unspecified atom stereocenters. The summed E-state index contributed by atoms with van der Waals surface area (Å²) >= 11 is 0. The average molecular weight is 317 g/mol. The van der Waals surface area contributed by atoms with Gasteiger partial charge in [-0.3, -0.25) is 4.79 Å². The lowest BCUT2D eigenvalue weighted by Gasteiger charge is -2.38. The van der Waals surface area contributed by atoms with Crippen LogP contribution < -0.4 is 5.32 Å². The van der Waals surface area contributed by atoms with Crippen molar-refractivity contribution in [3.05, 3.63) is 0 Å². The molecule has 0 spiro atoms. The molecule has 2 rings (SSSR count). The summed E-state index contributed by atoms with van der Waals surface area (Å²) in [7, 11) is -3.14. The number of hydrogen-bond donors (Lipinski definition) is 1. The minimum absolute atomic E-state index is 0.0995. The highest BCUT2D eigenvalue weighted by atomic mass is 32.2. The van der Waals surface area contributed by atoms with Gasteiger partial charge in [-0.15, -0.1) is 0 Å². The lowest BCUT2D eigenvalue weighted by molar-refractivity contribution is -0.136. The third kappa shape index (κ3) is 3.96. The van der Waals surface area contributed by atoms with Crippen LogP contribution in [0.25, 0.3) is 0 Å². The number of piperidine rings is 1. The monoisotopic (exact) mass is 317 g/mol. The van der Waals surface area contributed by atoms with E-state index in [0.717, 1.165) is 19.4 Å². The van der Waals surface area contributed by atoms with Crippen molar-refractivity contribution in [2.45, 2.75) is 39.2 Å². The molecule has 0 aromatic rings. The molecule has 0 aromatic carbocycles. The number of carbonyl (C=O) groups excluding carboxylic acids is 1. The Morgan fingerprint density at radius 3 is 2.48 bits per heavy atom. The number of nitrogens with zero attached hydrogens (tertiary/aromatic N) is 2. The number of hydrogen-bond acceptors (Lipinski definition) is 4. The number of sulfonamides is 1. The minimum atomic E-state index is -3.14. The van der Waals surface area contributed by atoms with E-state index in [0.29, 0.717) is 38.5 Å². The Kier molecular flexibility index (Phi) is 5.62. The Morgan fingerprint density at radius 2 is 1.90 bits per heavy atom. The van der Waals surface area contributed by atoms with Crippen LogP contribution in [0.2, 0.25) is 0 Å². The fourth-order valence-corrected chi connectivity index (χ4v) is 4.64. The van der Waals surface area contributed by atoms with E-state index >= 15 is 0 Å². The maximum Gasteiger partial charge on any atom is 0.240 e. The second kappa shape index (κ2) is 7.07. The summed E-state index contributed by atoms with van der Waals surface area (Å²) in [6, 6.07) is -0.0995. The average Bonchev–Trinajstić information content (AvgIpc) is 2.47. The van der Waals surface area contributed by atoms with E-state index in [4.69, 9.17) is 0 Å². The van der Waals surface area contributed by atoms with Crippen LogP contribution in [0, 0.1) is 5.92 Å². The van der Waals surface area contributed by atoms with Gasteiger partial charge >= 0.3 is 0 Å². The molecule has 122 valence electrons. The smallest absolute Gasteiger partial charge is 0.240 e. The summed E-state index contributed by atoms with van der Waals surface area (Å²) in [5, 5.41) is 3.30. The van der Waals surface area contributed by atoms with Crippen molar-refractivity contribution in [2.75, 3.05) is 38.5 Å². The van der Waals surface area contributed by atoms with Gasteiger partial charge in [-0.25, -0.2) is 8.42 Å². The lowest BCUT2D eigenvalue weighted by atomic mass is 9.91. The van der Waals surface area contributed by atoms with Gasteiger partial charge in [-0.2, -0.15) is 4.31 Å². The first-order chi connectivity index (χ1) is 9.95. The van der Waals surface area contributed by atoms with Crippen molar-refractivity contribution in [1.29, 1.82) is 0 Å². The normalized spacial score (nSPS) is 28.6. The summed E-state index contributed by atoms with van der Waals surface area (Å²) < 4.78 is 25.6. The number of piperazine rings is 1. The second-order valence-corrected chi connectivity index (χ2v) is 8.18. The molecule has 2 saturated heterocycles. The van der Waals surface area contributed by atoms with Crippen LogP contribution in [0.1, 0.15) is 33.1 Å². The SMILES string of the molecule is CCCS(=O)(=O)N1CCN(C(=O)C2NCCCC2C)CC1. The zero-order chi connectivity index (χ0) is 15.5. The molecular formula is C14H27N3O3S. The molecule has 1 amide bonds. The molecule has 2 heterocycles. The predicted molar refractivity (Wildman–Crippen MR) is 82.4 cm³/mol. The topological polar surface area (TPSA) is 69.7 Å². The number of carbonyl (C=O) groups is 1. The van der Waals surface area contributed by atoms with E-state index in [1.54, 1.807) is 0 Å². The van der Waals surface area contributed by atoms with Crippen molar-refractivity contribution in [2.24, 2.45) is 5.92 Å². The van der Waals surface area contributed by atoms with E-state index in [-0.39, 0.29) is 17.7 Å². The third-order valence-electron chi connectivity index (χ3n) is 4.44. The molecule has 2 atom stereocenters. The Hall–Kier alpha value is -0.660. The standard InChI is InChI=1S/C14H27N3O3S/c1-3-11-21(19,20)17-9-7-16(8-10-17)14(18)13-12(2)5-4-6-15-13/h12-13,15H,3-11H2,1-2H3. The zero-order valence-corrected chi connectivity index (χ0v) is 13.9. The molecule has 21 heavy (non-hydrogen) atoms. The maximum absolute atomic E-state index is 12.5. The summed E-state index contributed by atoms with van der Waals surface area (Å²) in [6.07, 6.45) is 2.83. The summed E-state index contributed by atoms with van der Waals surface area (Å²) in [4.78, 5) is 14.4. The van der Waals surface area contributed by atoms with E-state index in [1.165, 1.54) is 4.31 Å². The quantitative estimate of drug-likeness (QED) is 0.807. The van der Waals surface area contributed by atoms with Crippen molar-refractivity contribution < 1.29 is 13.2 Å². The molecule has 0 aliphatic carbocycles. The third-order valence-corrected chi connectivity index (χ3v) is 6.52. The molecule has 0 aromatic heterocycles. The van der Waals surface area contributed by atoms with Gasteiger partial charge in [-0.05, 0) is 31.7 Å². The molecule has 1 N–H and O–H groups in total. The Morgan fingerprint density at radius 1 is 1.24 bits per heavy atom. The summed E-state index contributed by atoms with van der Waals surface area (Å²) in [6.45, 7) is 6.74. The van der Waals surface area contributed by atoms with Crippen LogP contribution in [0.5, 0.6) is 0 Å². The second-order valence-electron chi connectivity index (χ2n) is 6.09. The largest absolute Gasteiger partial charge is 0.339 e. The molecular weight excluding hydrogens is 290 g/mol. The molecule has 2 aliphatic rings. The fraction of sp³-hybridized carbons (Fsp3) is 0.929. The highest BCUT2D eigenvalue weighted by molar-refractivity contribution is 7.89. The first-order valence-corrected chi connectivity index (χ1v) is 9.56. The van der Waals surface area contributed by atoms with E-state index in [1.807, 2.05) is 11.8 Å². The van der Waals surface area contributed by atoms with E-state index in [9.17, 15) is 13.2 Å². The number of amides is 1. The minimum Gasteiger partial charge on any atom is -0.339 e. The summed E-state index contributed by atoms with van der Waals surface area (Å²) in [5.74, 6) is 0.685. The highest BCUT2D eigenvalue weighted by Crippen LogP contribution is 2.19. The van der Waals surface area contributed by atoms with Crippen molar-refractivity contribution >= 4 is 15.9 Å². The van der Waals surface area contributed by atoms with Crippen molar-refractivity contribution in [3.63, 3.8) is 0 Å². The van der Waals surface area contributed by atoms with Crippen LogP contribution >= 0.6 is 0 Å². The van der Waals surface area contributed by atoms with Crippen molar-refractivity contribution in [3.8, 4) is 0 Å². The van der Waals surface area contributed by atoms with Gasteiger partial charge in [-0.1, -0.05) is 13.8 Å². The maximum atomic E-state index is 12.5. The van der Waals surface area contributed by atoms with Gasteiger partial charge in [0.2, 0.25) is 15.9 Å². The molecule has 0 bridgehead atoms. The first kappa shape index (κ1) is 16.7. The lowest BCUT2D eigenvalue weighted by Crippen LogP contribution is -2.57. The van der Waals surface area contributed by atoms with Crippen LogP contribution in [0.15, 0.2) is 0 Å². The van der Waals surface area contributed by atoms with Crippen LogP contribution in [0.4, 0.5) is 0 Å². The van der Waals surface area contributed by atoms with Gasteiger partial charge in [0.05, 0.1) is 11.8 Å².